The van der Waals surface area contributed by atoms with Crippen LogP contribution in [0.4, 0.5) is 16.6 Å². The highest BCUT2D eigenvalue weighted by atomic mass is 16.6. The minimum Gasteiger partial charge on any atom is -0.450 e. The van der Waals surface area contributed by atoms with E-state index < -0.39 is 0 Å². The van der Waals surface area contributed by atoms with Crippen LogP contribution < -0.4 is 10.6 Å². The van der Waals surface area contributed by atoms with E-state index in [1.54, 1.807) is 4.90 Å². The molecule has 1 saturated carbocycles. The monoisotopic (exact) mass is 375 g/mol. The van der Waals surface area contributed by atoms with Gasteiger partial charge in [0.05, 0.1) is 6.61 Å². The van der Waals surface area contributed by atoms with E-state index in [2.05, 4.69) is 15.6 Å². The van der Waals surface area contributed by atoms with Crippen molar-refractivity contribution in [2.24, 2.45) is 0 Å². The average molecular weight is 376 g/mol. The van der Waals surface area contributed by atoms with Gasteiger partial charge in [-0.3, -0.25) is 0 Å². The maximum atomic E-state index is 11.8. The maximum absolute atomic E-state index is 11.8. The van der Waals surface area contributed by atoms with Gasteiger partial charge in [-0.1, -0.05) is 25.7 Å². The topological polar surface area (TPSA) is 79.4 Å². The molecule has 0 bridgehead atoms. The Morgan fingerprint density at radius 3 is 2.41 bits per heavy atom. The van der Waals surface area contributed by atoms with Gasteiger partial charge in [0.25, 0.3) is 0 Å². The van der Waals surface area contributed by atoms with Gasteiger partial charge in [0.15, 0.2) is 0 Å². The van der Waals surface area contributed by atoms with Crippen LogP contribution in [0.2, 0.25) is 0 Å². The minimum absolute atomic E-state index is 0.211. The van der Waals surface area contributed by atoms with Gasteiger partial charge in [-0.15, -0.1) is 0 Å². The Bertz CT molecular complexity index is 608. The van der Waals surface area contributed by atoms with Crippen molar-refractivity contribution in [1.29, 1.82) is 0 Å². The smallest absolute Gasteiger partial charge is 0.409 e. The van der Waals surface area contributed by atoms with Crippen molar-refractivity contribution < 1.29 is 9.53 Å². The molecule has 27 heavy (non-hydrogen) atoms. The van der Waals surface area contributed by atoms with Crippen molar-refractivity contribution >= 4 is 17.9 Å². The summed E-state index contributed by atoms with van der Waals surface area (Å²) in [6, 6.07) is 2.82. The van der Waals surface area contributed by atoms with E-state index in [4.69, 9.17) is 9.72 Å². The zero-order valence-electron chi connectivity index (χ0n) is 16.7. The Morgan fingerprint density at radius 1 is 1.07 bits per heavy atom. The molecule has 1 aromatic rings. The normalized spacial score (nSPS) is 19.4. The fourth-order valence-electron chi connectivity index (χ4n) is 3.94. The molecule has 0 aromatic carbocycles. The van der Waals surface area contributed by atoms with E-state index in [0.717, 1.165) is 24.4 Å². The minimum atomic E-state index is -0.211. The van der Waals surface area contributed by atoms with Crippen molar-refractivity contribution in [3.8, 4) is 0 Å². The summed E-state index contributed by atoms with van der Waals surface area (Å²) < 4.78 is 5.08. The second kappa shape index (κ2) is 9.76. The lowest BCUT2D eigenvalue weighted by Crippen LogP contribution is -2.42. The first kappa shape index (κ1) is 19.7. The first-order valence-corrected chi connectivity index (χ1v) is 10.4. The largest absolute Gasteiger partial charge is 0.450 e. The molecule has 2 aliphatic rings. The van der Waals surface area contributed by atoms with Gasteiger partial charge >= 0.3 is 6.09 Å². The number of likely N-dealkylation sites (tertiary alicyclic amines) is 1. The number of carbonyl (C=O) groups excluding carboxylic acids is 1. The summed E-state index contributed by atoms with van der Waals surface area (Å²) in [5.74, 6) is 1.60. The fourth-order valence-corrected chi connectivity index (χ4v) is 3.94. The van der Waals surface area contributed by atoms with Crippen LogP contribution in [0.3, 0.4) is 0 Å². The standard InChI is InChI=1S/C20H33N5O2/c1-3-27-20(26)25-12-10-17(11-13-25)23-19-21-15(2)14-18(24-19)22-16-8-6-4-5-7-9-16/h14,16-17H,3-13H2,1-2H3,(H2,21,22,23,24). The van der Waals surface area contributed by atoms with Crippen molar-refractivity contribution in [1.82, 2.24) is 14.9 Å². The van der Waals surface area contributed by atoms with E-state index in [1.807, 2.05) is 19.9 Å². The van der Waals surface area contributed by atoms with Crippen LogP contribution in [0.15, 0.2) is 6.07 Å². The molecule has 1 amide bonds. The third-order valence-electron chi connectivity index (χ3n) is 5.42. The van der Waals surface area contributed by atoms with E-state index in [-0.39, 0.29) is 12.1 Å². The zero-order valence-corrected chi connectivity index (χ0v) is 16.7. The van der Waals surface area contributed by atoms with Crippen LogP contribution in [0.1, 0.15) is 64.0 Å². The van der Waals surface area contributed by atoms with Crippen molar-refractivity contribution in [2.75, 3.05) is 30.3 Å². The van der Waals surface area contributed by atoms with E-state index in [0.29, 0.717) is 31.7 Å². The lowest BCUT2D eigenvalue weighted by Gasteiger charge is -2.31. The van der Waals surface area contributed by atoms with Gasteiger partial charge in [-0.25, -0.2) is 9.78 Å². The highest BCUT2D eigenvalue weighted by Crippen LogP contribution is 2.22. The summed E-state index contributed by atoms with van der Waals surface area (Å²) in [6.45, 7) is 5.67. The summed E-state index contributed by atoms with van der Waals surface area (Å²) in [5.41, 5.74) is 0.965. The number of nitrogens with one attached hydrogen (secondary N) is 2. The SMILES string of the molecule is CCOC(=O)N1CCC(Nc2nc(C)cc(NC3CCCCCC3)n2)CC1. The molecule has 7 nitrogen and oxygen atoms in total. The third kappa shape index (κ3) is 5.97. The number of hydrogen-bond donors (Lipinski definition) is 2. The van der Waals surface area contributed by atoms with Gasteiger partial charge in [-0.05, 0) is 39.5 Å². The van der Waals surface area contributed by atoms with Crippen molar-refractivity contribution in [3.63, 3.8) is 0 Å². The van der Waals surface area contributed by atoms with Crippen LogP contribution in [-0.2, 0) is 4.74 Å². The molecule has 0 unspecified atom stereocenters. The number of ether oxygens (including phenoxy) is 1. The van der Waals surface area contributed by atoms with Crippen molar-refractivity contribution in [2.45, 2.75) is 77.3 Å². The van der Waals surface area contributed by atoms with Gasteiger partial charge in [0.2, 0.25) is 5.95 Å². The van der Waals surface area contributed by atoms with Gasteiger partial charge in [-0.2, -0.15) is 4.98 Å². The number of carbonyl (C=O) groups is 1. The first-order valence-electron chi connectivity index (χ1n) is 10.4. The number of aromatic nitrogens is 2. The Balaban J connectivity index is 1.54. The molecule has 1 aliphatic carbocycles. The number of amides is 1. The Kier molecular flexibility index (Phi) is 7.12. The molecule has 1 aliphatic heterocycles. The van der Waals surface area contributed by atoms with E-state index in [9.17, 15) is 4.79 Å². The fraction of sp³-hybridized carbons (Fsp3) is 0.750. The van der Waals surface area contributed by atoms with Crippen LogP contribution >= 0.6 is 0 Å². The zero-order chi connectivity index (χ0) is 19.1. The number of piperidine rings is 1. The second-order valence-corrected chi connectivity index (χ2v) is 7.66. The maximum Gasteiger partial charge on any atom is 0.409 e. The number of nitrogens with zero attached hydrogens (tertiary/aromatic N) is 3. The van der Waals surface area contributed by atoms with Crippen LogP contribution in [0.25, 0.3) is 0 Å². The summed E-state index contributed by atoms with van der Waals surface area (Å²) in [4.78, 5) is 22.8. The lowest BCUT2D eigenvalue weighted by molar-refractivity contribution is 0.0983. The Labute approximate surface area is 162 Å². The molecule has 3 rings (SSSR count). The van der Waals surface area contributed by atoms with Crippen LogP contribution in [0, 0.1) is 6.92 Å². The Morgan fingerprint density at radius 2 is 1.74 bits per heavy atom. The molecule has 7 heteroatoms. The molecule has 150 valence electrons. The molecule has 0 radical (unpaired) electrons. The molecule has 0 spiro atoms. The number of rotatable bonds is 5. The molecule has 0 atom stereocenters. The summed E-state index contributed by atoms with van der Waals surface area (Å²) in [5, 5.41) is 7.08. The first-order chi connectivity index (χ1) is 13.1. The van der Waals surface area contributed by atoms with Gasteiger partial charge < -0.3 is 20.3 Å². The number of hydrogen-bond acceptors (Lipinski definition) is 6. The molecule has 2 N–H and O–H groups in total. The predicted octanol–water partition coefficient (Wildman–Crippen LogP) is 3.95. The molecule has 2 fully saturated rings. The predicted molar refractivity (Wildman–Crippen MR) is 107 cm³/mol. The van der Waals surface area contributed by atoms with Crippen molar-refractivity contribution in [3.05, 3.63) is 11.8 Å². The molecule has 1 aromatic heterocycles. The molecule has 1 saturated heterocycles. The second-order valence-electron chi connectivity index (χ2n) is 7.66. The van der Waals surface area contributed by atoms with Crippen LogP contribution in [0.5, 0.6) is 0 Å². The molecule has 2 heterocycles. The van der Waals surface area contributed by atoms with E-state index >= 15 is 0 Å². The van der Waals surface area contributed by atoms with Crippen LogP contribution in [-0.4, -0.2) is 52.7 Å². The van der Waals surface area contributed by atoms with Gasteiger partial charge in [0.1, 0.15) is 5.82 Å². The molecular formula is C20H33N5O2. The summed E-state index contributed by atoms with van der Waals surface area (Å²) >= 11 is 0. The lowest BCUT2D eigenvalue weighted by atomic mass is 10.1. The number of aryl methyl sites for hydroxylation is 1. The summed E-state index contributed by atoms with van der Waals surface area (Å²) in [7, 11) is 0. The summed E-state index contributed by atoms with van der Waals surface area (Å²) in [6.07, 6.45) is 9.27. The number of anilines is 2. The van der Waals surface area contributed by atoms with Gasteiger partial charge in [0, 0.05) is 36.9 Å². The van der Waals surface area contributed by atoms with E-state index in [1.165, 1.54) is 38.5 Å². The highest BCUT2D eigenvalue weighted by molar-refractivity contribution is 5.67. The third-order valence-corrected chi connectivity index (χ3v) is 5.42. The quantitative estimate of drug-likeness (QED) is 0.759. The Hall–Kier alpha value is -2.05. The highest BCUT2D eigenvalue weighted by Gasteiger charge is 2.24. The average Bonchev–Trinajstić information content (AvgIpc) is 2.91. The molecular weight excluding hydrogens is 342 g/mol.